The molecular weight excluding hydrogens is 416 g/mol. The van der Waals surface area contributed by atoms with Gasteiger partial charge in [0.2, 0.25) is 0 Å². The van der Waals surface area contributed by atoms with Gasteiger partial charge in [0.25, 0.3) is 11.6 Å². The Kier molecular flexibility index (Phi) is 7.88. The molecule has 2 aromatic carbocycles. The molecule has 0 bridgehead atoms. The van der Waals surface area contributed by atoms with Crippen LogP contribution in [0.15, 0.2) is 42.5 Å². The van der Waals surface area contributed by atoms with Gasteiger partial charge in [0.05, 0.1) is 24.5 Å². The molecule has 1 amide bonds. The monoisotopic (exact) mass is 434 g/mol. The van der Waals surface area contributed by atoms with Crippen molar-refractivity contribution >= 4 is 40.6 Å². The van der Waals surface area contributed by atoms with Crippen molar-refractivity contribution in [2.75, 3.05) is 12.4 Å². The average molecular weight is 435 g/mol. The summed E-state index contributed by atoms with van der Waals surface area (Å²) < 4.78 is 9.94. The van der Waals surface area contributed by atoms with E-state index in [2.05, 4.69) is 5.32 Å². The lowest BCUT2D eigenvalue weighted by Gasteiger charge is -2.14. The van der Waals surface area contributed by atoms with E-state index in [1.807, 2.05) is 0 Å². The number of carbonyl (C=O) groups is 3. The van der Waals surface area contributed by atoms with Gasteiger partial charge in [-0.2, -0.15) is 0 Å². The second-order valence-electron chi connectivity index (χ2n) is 6.19. The van der Waals surface area contributed by atoms with Gasteiger partial charge < -0.3 is 14.8 Å². The van der Waals surface area contributed by atoms with Crippen LogP contribution in [0, 0.1) is 10.1 Å². The number of esters is 1. The van der Waals surface area contributed by atoms with Gasteiger partial charge in [0.1, 0.15) is 11.4 Å². The highest BCUT2D eigenvalue weighted by molar-refractivity contribution is 6.30. The molecule has 1 N–H and O–H groups in total. The number of amides is 1. The van der Waals surface area contributed by atoms with Gasteiger partial charge in [-0.3, -0.25) is 24.5 Å². The van der Waals surface area contributed by atoms with Gasteiger partial charge in [-0.15, -0.1) is 0 Å². The van der Waals surface area contributed by atoms with E-state index in [1.165, 1.54) is 26.2 Å². The first-order valence-electron chi connectivity index (χ1n) is 8.82. The smallest absolute Gasteiger partial charge is 0.307 e. The molecule has 1 unspecified atom stereocenters. The molecule has 0 spiro atoms. The maximum atomic E-state index is 12.2. The highest BCUT2D eigenvalue weighted by Gasteiger charge is 2.23. The highest BCUT2D eigenvalue weighted by Crippen LogP contribution is 2.29. The number of Topliss-reactive ketones (excluding diaryl/α,β-unsaturated/α-hetero) is 1. The Morgan fingerprint density at radius 1 is 1.13 bits per heavy atom. The quantitative estimate of drug-likeness (QED) is 0.275. The summed E-state index contributed by atoms with van der Waals surface area (Å²) in [6.07, 6.45) is -1.54. The maximum absolute atomic E-state index is 12.2. The largest absolute Gasteiger partial charge is 0.496 e. The fourth-order valence-corrected chi connectivity index (χ4v) is 2.56. The normalized spacial score (nSPS) is 11.3. The zero-order valence-corrected chi connectivity index (χ0v) is 17.0. The van der Waals surface area contributed by atoms with Crippen molar-refractivity contribution in [3.05, 3.63) is 63.2 Å². The van der Waals surface area contributed by atoms with Gasteiger partial charge in [0.15, 0.2) is 11.9 Å². The maximum Gasteiger partial charge on any atom is 0.307 e. The lowest BCUT2D eigenvalue weighted by atomic mass is 10.1. The van der Waals surface area contributed by atoms with Crippen molar-refractivity contribution in [1.29, 1.82) is 0 Å². The molecule has 1 atom stereocenters. The van der Waals surface area contributed by atoms with Crippen LogP contribution in [0.3, 0.4) is 0 Å². The number of nitro groups is 1. The van der Waals surface area contributed by atoms with E-state index in [-0.39, 0.29) is 35.7 Å². The van der Waals surface area contributed by atoms with Crippen LogP contribution in [0.4, 0.5) is 11.4 Å². The van der Waals surface area contributed by atoms with Crippen LogP contribution in [0.25, 0.3) is 0 Å². The zero-order chi connectivity index (χ0) is 22.3. The van der Waals surface area contributed by atoms with Crippen LogP contribution in [0.5, 0.6) is 5.75 Å². The van der Waals surface area contributed by atoms with Gasteiger partial charge in [0, 0.05) is 17.0 Å². The number of methoxy groups -OCH3 is 1. The SMILES string of the molecule is COc1ccc(NC(=O)C(C)OC(=O)CCC(=O)c2ccc(Cl)cc2)c([N+](=O)[O-])c1. The summed E-state index contributed by atoms with van der Waals surface area (Å²) in [6.45, 7) is 1.32. The van der Waals surface area contributed by atoms with E-state index in [1.54, 1.807) is 24.3 Å². The Hall–Kier alpha value is -3.46. The number of anilines is 1. The van der Waals surface area contributed by atoms with Gasteiger partial charge in [-0.05, 0) is 43.3 Å². The van der Waals surface area contributed by atoms with Gasteiger partial charge in [-0.25, -0.2) is 0 Å². The molecule has 0 saturated carbocycles. The second kappa shape index (κ2) is 10.4. The Balaban J connectivity index is 1.91. The first-order chi connectivity index (χ1) is 14.2. The predicted octanol–water partition coefficient (Wildman–Crippen LogP) is 3.79. The number of ether oxygens (including phenoxy) is 2. The number of benzene rings is 2. The summed E-state index contributed by atoms with van der Waals surface area (Å²) in [6, 6.07) is 10.2. The van der Waals surface area contributed by atoms with Crippen molar-refractivity contribution < 1.29 is 28.8 Å². The molecule has 10 heteroatoms. The van der Waals surface area contributed by atoms with Crippen LogP contribution in [0.2, 0.25) is 5.02 Å². The topological polar surface area (TPSA) is 125 Å². The first kappa shape index (κ1) is 22.8. The second-order valence-corrected chi connectivity index (χ2v) is 6.63. The summed E-state index contributed by atoms with van der Waals surface area (Å²) in [5, 5.41) is 14.0. The minimum absolute atomic E-state index is 0.0633. The van der Waals surface area contributed by atoms with Crippen molar-refractivity contribution in [3.63, 3.8) is 0 Å². The van der Waals surface area contributed by atoms with Crippen molar-refractivity contribution in [2.24, 2.45) is 0 Å². The Morgan fingerprint density at radius 2 is 1.80 bits per heavy atom. The number of nitro benzene ring substituents is 1. The highest BCUT2D eigenvalue weighted by atomic mass is 35.5. The number of hydrogen-bond donors (Lipinski definition) is 1. The van der Waals surface area contributed by atoms with Crippen LogP contribution in [-0.2, 0) is 14.3 Å². The summed E-state index contributed by atoms with van der Waals surface area (Å²) in [5.41, 5.74) is -0.0220. The average Bonchev–Trinajstić information content (AvgIpc) is 2.72. The van der Waals surface area contributed by atoms with Crippen LogP contribution < -0.4 is 10.1 Å². The number of halogens is 1. The van der Waals surface area contributed by atoms with E-state index >= 15 is 0 Å². The fourth-order valence-electron chi connectivity index (χ4n) is 2.43. The van der Waals surface area contributed by atoms with E-state index in [0.717, 1.165) is 6.07 Å². The molecule has 2 rings (SSSR count). The number of ketones is 1. The fraction of sp³-hybridized carbons (Fsp3) is 0.250. The molecular formula is C20H19ClN2O7. The molecule has 158 valence electrons. The third-order valence-electron chi connectivity index (χ3n) is 4.06. The molecule has 0 fully saturated rings. The van der Waals surface area contributed by atoms with E-state index in [4.69, 9.17) is 21.1 Å². The molecule has 0 radical (unpaired) electrons. The summed E-state index contributed by atoms with van der Waals surface area (Å²) in [5.74, 6) is -1.51. The number of carbonyl (C=O) groups excluding carboxylic acids is 3. The number of nitrogens with zero attached hydrogens (tertiary/aromatic N) is 1. The lowest BCUT2D eigenvalue weighted by molar-refractivity contribution is -0.384. The third-order valence-corrected chi connectivity index (χ3v) is 4.31. The molecule has 0 saturated heterocycles. The molecule has 9 nitrogen and oxygen atoms in total. The summed E-state index contributed by atoms with van der Waals surface area (Å²) in [4.78, 5) is 46.8. The summed E-state index contributed by atoms with van der Waals surface area (Å²) >= 11 is 5.76. The molecule has 0 aliphatic heterocycles. The predicted molar refractivity (Wildman–Crippen MR) is 109 cm³/mol. The Bertz CT molecular complexity index is 960. The Labute approximate surface area is 177 Å². The number of nitrogens with one attached hydrogen (secondary N) is 1. The first-order valence-corrected chi connectivity index (χ1v) is 9.20. The van der Waals surface area contributed by atoms with E-state index < -0.39 is 22.9 Å². The van der Waals surface area contributed by atoms with Gasteiger partial charge >= 0.3 is 5.97 Å². The molecule has 30 heavy (non-hydrogen) atoms. The molecule has 0 aliphatic rings. The Morgan fingerprint density at radius 3 is 2.40 bits per heavy atom. The molecule has 0 heterocycles. The molecule has 0 aliphatic carbocycles. The minimum atomic E-state index is -1.22. The standard InChI is InChI=1S/C20H19ClN2O7/c1-12(20(26)22-16-8-7-15(29-2)11-17(16)23(27)28)30-19(25)10-9-18(24)13-3-5-14(21)6-4-13/h3-8,11-12H,9-10H2,1-2H3,(H,22,26). The molecule has 2 aromatic rings. The minimum Gasteiger partial charge on any atom is -0.496 e. The van der Waals surface area contributed by atoms with E-state index in [9.17, 15) is 24.5 Å². The van der Waals surface area contributed by atoms with Crippen molar-refractivity contribution in [1.82, 2.24) is 0 Å². The summed E-state index contributed by atoms with van der Waals surface area (Å²) in [7, 11) is 1.36. The number of rotatable bonds is 9. The number of hydrogen-bond acceptors (Lipinski definition) is 7. The third kappa shape index (κ3) is 6.28. The van der Waals surface area contributed by atoms with Crippen LogP contribution in [-0.4, -0.2) is 35.8 Å². The van der Waals surface area contributed by atoms with E-state index in [0.29, 0.717) is 10.6 Å². The van der Waals surface area contributed by atoms with Crippen LogP contribution in [0.1, 0.15) is 30.1 Å². The zero-order valence-electron chi connectivity index (χ0n) is 16.2. The van der Waals surface area contributed by atoms with Crippen molar-refractivity contribution in [2.45, 2.75) is 25.9 Å². The van der Waals surface area contributed by atoms with Gasteiger partial charge in [-0.1, -0.05) is 11.6 Å². The lowest BCUT2D eigenvalue weighted by Crippen LogP contribution is -2.30. The van der Waals surface area contributed by atoms with Crippen LogP contribution >= 0.6 is 11.6 Å². The molecule has 0 aromatic heterocycles. The van der Waals surface area contributed by atoms with Crippen molar-refractivity contribution in [3.8, 4) is 5.75 Å².